The van der Waals surface area contributed by atoms with E-state index in [2.05, 4.69) is 39.1 Å². The largest absolute Gasteiger partial charge is 0.352 e. The molecule has 0 unspecified atom stereocenters. The highest BCUT2D eigenvalue weighted by molar-refractivity contribution is 5.59. The summed E-state index contributed by atoms with van der Waals surface area (Å²) in [6.45, 7) is 7.18. The van der Waals surface area contributed by atoms with Gasteiger partial charge in [0.1, 0.15) is 5.82 Å². The quantitative estimate of drug-likeness (QED) is 0.788. The Morgan fingerprint density at radius 3 is 2.72 bits per heavy atom. The lowest BCUT2D eigenvalue weighted by Crippen LogP contribution is -2.57. The number of hydrogen-bond acceptors (Lipinski definition) is 6. The van der Waals surface area contributed by atoms with Crippen molar-refractivity contribution in [3.63, 3.8) is 0 Å². The molecule has 0 aliphatic carbocycles. The SMILES string of the molecule is CC1(C)CN(c2cncc(-c3cnn(-c4ccncc4)c3)n2)CCN1. The molecule has 0 spiro atoms. The van der Waals surface area contributed by atoms with E-state index >= 15 is 0 Å². The van der Waals surface area contributed by atoms with E-state index in [9.17, 15) is 0 Å². The summed E-state index contributed by atoms with van der Waals surface area (Å²) in [5.74, 6) is 0.906. The smallest absolute Gasteiger partial charge is 0.147 e. The molecule has 1 aliphatic rings. The van der Waals surface area contributed by atoms with E-state index in [1.54, 1.807) is 18.6 Å². The Labute approximate surface area is 146 Å². The van der Waals surface area contributed by atoms with Gasteiger partial charge in [-0.05, 0) is 26.0 Å². The molecule has 7 nitrogen and oxygen atoms in total. The van der Waals surface area contributed by atoms with Crippen LogP contribution < -0.4 is 10.2 Å². The van der Waals surface area contributed by atoms with Crippen LogP contribution in [-0.2, 0) is 0 Å². The minimum Gasteiger partial charge on any atom is -0.352 e. The second-order valence-corrected chi connectivity index (χ2v) is 6.87. The van der Waals surface area contributed by atoms with Crippen LogP contribution in [0.3, 0.4) is 0 Å². The maximum Gasteiger partial charge on any atom is 0.147 e. The van der Waals surface area contributed by atoms with Crippen LogP contribution in [0.5, 0.6) is 0 Å². The van der Waals surface area contributed by atoms with Crippen LogP contribution in [0.2, 0.25) is 0 Å². The van der Waals surface area contributed by atoms with Crippen LogP contribution in [0.4, 0.5) is 5.82 Å². The number of pyridine rings is 1. The van der Waals surface area contributed by atoms with E-state index in [0.29, 0.717) is 0 Å². The zero-order valence-corrected chi connectivity index (χ0v) is 14.4. The van der Waals surface area contributed by atoms with E-state index in [-0.39, 0.29) is 5.54 Å². The average molecular weight is 335 g/mol. The number of nitrogens with zero attached hydrogens (tertiary/aromatic N) is 6. The molecular formula is C18H21N7. The van der Waals surface area contributed by atoms with Crippen molar-refractivity contribution in [2.75, 3.05) is 24.5 Å². The van der Waals surface area contributed by atoms with E-state index in [4.69, 9.17) is 4.98 Å². The van der Waals surface area contributed by atoms with E-state index in [1.165, 1.54) is 0 Å². The average Bonchev–Trinajstić information content (AvgIpc) is 3.12. The number of aromatic nitrogens is 5. The van der Waals surface area contributed by atoms with Gasteiger partial charge in [-0.25, -0.2) is 9.67 Å². The molecule has 1 N–H and O–H groups in total. The van der Waals surface area contributed by atoms with Gasteiger partial charge in [0.15, 0.2) is 0 Å². The van der Waals surface area contributed by atoms with Crippen LogP contribution in [0.1, 0.15) is 13.8 Å². The summed E-state index contributed by atoms with van der Waals surface area (Å²) in [4.78, 5) is 15.5. The zero-order chi connectivity index (χ0) is 17.3. The molecule has 3 aromatic heterocycles. The standard InChI is InChI=1S/C18H21N7/c1-18(2)13-24(8-7-21-18)17-11-20-10-16(23-17)14-9-22-25(12-14)15-3-5-19-6-4-15/h3-6,9-12,21H,7-8,13H2,1-2H3. The Kier molecular flexibility index (Phi) is 3.93. The van der Waals surface area contributed by atoms with E-state index < -0.39 is 0 Å². The molecule has 0 amide bonds. The summed E-state index contributed by atoms with van der Waals surface area (Å²) in [6, 6.07) is 3.84. The molecule has 3 aromatic rings. The lowest BCUT2D eigenvalue weighted by Gasteiger charge is -2.39. The summed E-state index contributed by atoms with van der Waals surface area (Å²) < 4.78 is 1.82. The molecule has 128 valence electrons. The van der Waals surface area contributed by atoms with Crippen molar-refractivity contribution >= 4 is 5.82 Å². The number of piperazine rings is 1. The highest BCUT2D eigenvalue weighted by Crippen LogP contribution is 2.22. The first-order valence-corrected chi connectivity index (χ1v) is 8.38. The highest BCUT2D eigenvalue weighted by atomic mass is 15.3. The number of hydrogen-bond donors (Lipinski definition) is 1. The Balaban J connectivity index is 1.61. The van der Waals surface area contributed by atoms with Gasteiger partial charge in [-0.2, -0.15) is 5.10 Å². The molecule has 0 saturated carbocycles. The first-order valence-electron chi connectivity index (χ1n) is 8.38. The van der Waals surface area contributed by atoms with Gasteiger partial charge in [-0.1, -0.05) is 0 Å². The Hall–Kier alpha value is -2.80. The third kappa shape index (κ3) is 3.36. The van der Waals surface area contributed by atoms with Gasteiger partial charge in [0, 0.05) is 49.3 Å². The van der Waals surface area contributed by atoms with Crippen LogP contribution in [0.15, 0.2) is 49.3 Å². The van der Waals surface area contributed by atoms with Crippen LogP contribution >= 0.6 is 0 Å². The van der Waals surface area contributed by atoms with Gasteiger partial charge >= 0.3 is 0 Å². The van der Waals surface area contributed by atoms with E-state index in [1.807, 2.05) is 35.4 Å². The highest BCUT2D eigenvalue weighted by Gasteiger charge is 2.26. The predicted molar refractivity (Wildman–Crippen MR) is 96.7 cm³/mol. The molecule has 0 bridgehead atoms. The zero-order valence-electron chi connectivity index (χ0n) is 14.4. The Bertz CT molecular complexity index is 857. The van der Waals surface area contributed by atoms with Crippen molar-refractivity contribution in [3.05, 3.63) is 49.3 Å². The van der Waals surface area contributed by atoms with Crippen LogP contribution in [-0.4, -0.2) is 49.9 Å². The van der Waals surface area contributed by atoms with Gasteiger partial charge in [-0.15, -0.1) is 0 Å². The van der Waals surface area contributed by atoms with Crippen molar-refractivity contribution in [3.8, 4) is 16.9 Å². The topological polar surface area (TPSA) is 71.8 Å². The lowest BCUT2D eigenvalue weighted by atomic mass is 10.0. The van der Waals surface area contributed by atoms with Gasteiger partial charge in [0.05, 0.1) is 30.0 Å². The fourth-order valence-electron chi connectivity index (χ4n) is 3.08. The first-order chi connectivity index (χ1) is 12.1. The van der Waals surface area contributed by atoms with Crippen molar-refractivity contribution in [1.29, 1.82) is 0 Å². The second-order valence-electron chi connectivity index (χ2n) is 6.87. The maximum absolute atomic E-state index is 4.81. The van der Waals surface area contributed by atoms with Gasteiger partial charge in [0.25, 0.3) is 0 Å². The van der Waals surface area contributed by atoms with Gasteiger partial charge in [-0.3, -0.25) is 9.97 Å². The first kappa shape index (κ1) is 15.7. The summed E-state index contributed by atoms with van der Waals surface area (Å²) in [5.41, 5.74) is 2.81. The predicted octanol–water partition coefficient (Wildman–Crippen LogP) is 1.91. The number of rotatable bonds is 3. The molecule has 0 radical (unpaired) electrons. The fraction of sp³-hybridized carbons (Fsp3) is 0.333. The van der Waals surface area contributed by atoms with Gasteiger partial charge < -0.3 is 10.2 Å². The minimum atomic E-state index is 0.0716. The minimum absolute atomic E-state index is 0.0716. The second kappa shape index (κ2) is 6.25. The number of anilines is 1. The van der Waals surface area contributed by atoms with Crippen molar-refractivity contribution in [1.82, 2.24) is 30.0 Å². The van der Waals surface area contributed by atoms with Crippen LogP contribution in [0, 0.1) is 0 Å². The molecule has 1 saturated heterocycles. The summed E-state index contributed by atoms with van der Waals surface area (Å²) in [6.07, 6.45) is 10.9. The number of nitrogens with one attached hydrogen (secondary N) is 1. The molecule has 7 heteroatoms. The third-order valence-corrected chi connectivity index (χ3v) is 4.32. The van der Waals surface area contributed by atoms with Crippen LogP contribution in [0.25, 0.3) is 16.9 Å². The van der Waals surface area contributed by atoms with Crippen molar-refractivity contribution in [2.45, 2.75) is 19.4 Å². The molecule has 25 heavy (non-hydrogen) atoms. The van der Waals surface area contributed by atoms with E-state index in [0.717, 1.165) is 42.4 Å². The van der Waals surface area contributed by atoms with Gasteiger partial charge in [0.2, 0.25) is 0 Å². The molecule has 0 aromatic carbocycles. The fourth-order valence-corrected chi connectivity index (χ4v) is 3.08. The molecule has 1 fully saturated rings. The Morgan fingerprint density at radius 1 is 1.08 bits per heavy atom. The van der Waals surface area contributed by atoms with Crippen molar-refractivity contribution < 1.29 is 0 Å². The molecule has 1 aliphatic heterocycles. The maximum atomic E-state index is 4.81. The normalized spacial score (nSPS) is 16.8. The molecule has 4 heterocycles. The molecule has 4 rings (SSSR count). The molecular weight excluding hydrogens is 314 g/mol. The summed E-state index contributed by atoms with van der Waals surface area (Å²) in [5, 5.41) is 7.94. The van der Waals surface area contributed by atoms with Crippen molar-refractivity contribution in [2.24, 2.45) is 0 Å². The lowest BCUT2D eigenvalue weighted by molar-refractivity contribution is 0.351. The molecule has 0 atom stereocenters. The third-order valence-electron chi connectivity index (χ3n) is 4.32. The monoisotopic (exact) mass is 335 g/mol. The summed E-state index contributed by atoms with van der Waals surface area (Å²) in [7, 11) is 0. The summed E-state index contributed by atoms with van der Waals surface area (Å²) >= 11 is 0. The Morgan fingerprint density at radius 2 is 1.92 bits per heavy atom.